The van der Waals surface area contributed by atoms with E-state index in [4.69, 9.17) is 19.9 Å². The van der Waals surface area contributed by atoms with E-state index < -0.39 is 0 Å². The molecular formula is C11H15NO3. The maximum absolute atomic E-state index is 5.82. The Hall–Kier alpha value is -1.84. The fraction of sp³-hybridized carbons (Fsp3) is 0.273. The third-order valence-corrected chi connectivity index (χ3v) is 2.10. The molecule has 1 aromatic rings. The molecule has 0 saturated heterocycles. The minimum Gasteiger partial charge on any atom is -0.497 e. The second-order valence-electron chi connectivity index (χ2n) is 2.92. The van der Waals surface area contributed by atoms with Crippen molar-refractivity contribution in [2.24, 2.45) is 0 Å². The molecule has 0 heterocycles. The van der Waals surface area contributed by atoms with Gasteiger partial charge in [-0.2, -0.15) is 0 Å². The molecule has 0 fully saturated rings. The number of rotatable bonds is 4. The summed E-state index contributed by atoms with van der Waals surface area (Å²) in [7, 11) is 4.66. The molecule has 0 atom stereocenters. The lowest BCUT2D eigenvalue weighted by Gasteiger charge is -2.13. The molecule has 82 valence electrons. The summed E-state index contributed by atoms with van der Waals surface area (Å²) in [5.74, 6) is 1.68. The molecule has 0 radical (unpaired) electrons. The topological polar surface area (TPSA) is 53.7 Å². The molecule has 0 bridgehead atoms. The Labute approximate surface area is 89.2 Å². The van der Waals surface area contributed by atoms with Crippen LogP contribution in [-0.2, 0) is 4.74 Å². The first kappa shape index (κ1) is 11.2. The van der Waals surface area contributed by atoms with E-state index in [1.807, 2.05) is 0 Å². The lowest BCUT2D eigenvalue weighted by atomic mass is 10.1. The minimum absolute atomic E-state index is 0.494. The average molecular weight is 209 g/mol. The van der Waals surface area contributed by atoms with Gasteiger partial charge in [-0.15, -0.1) is 0 Å². The highest BCUT2D eigenvalue weighted by atomic mass is 16.5. The van der Waals surface area contributed by atoms with Crippen LogP contribution in [0.2, 0.25) is 0 Å². The zero-order valence-electron chi connectivity index (χ0n) is 9.16. The van der Waals surface area contributed by atoms with E-state index in [2.05, 4.69) is 6.58 Å². The lowest BCUT2D eigenvalue weighted by Crippen LogP contribution is -1.98. The second-order valence-corrected chi connectivity index (χ2v) is 2.92. The maximum Gasteiger partial charge on any atom is 0.162 e. The summed E-state index contributed by atoms with van der Waals surface area (Å²) in [6, 6.07) is 3.42. The Kier molecular flexibility index (Phi) is 3.44. The average Bonchev–Trinajstić information content (AvgIpc) is 2.27. The Bertz CT molecular complexity index is 374. The van der Waals surface area contributed by atoms with Crippen molar-refractivity contribution in [2.45, 2.75) is 0 Å². The lowest BCUT2D eigenvalue weighted by molar-refractivity contribution is 0.353. The molecule has 2 N–H and O–H groups in total. The van der Waals surface area contributed by atoms with Crippen molar-refractivity contribution in [3.05, 3.63) is 24.3 Å². The smallest absolute Gasteiger partial charge is 0.162 e. The molecule has 0 aliphatic heterocycles. The van der Waals surface area contributed by atoms with Gasteiger partial charge >= 0.3 is 0 Å². The normalized spacial score (nSPS) is 9.53. The Morgan fingerprint density at radius 1 is 1.13 bits per heavy atom. The number of methoxy groups -OCH3 is 3. The van der Waals surface area contributed by atoms with Crippen molar-refractivity contribution in [1.29, 1.82) is 0 Å². The number of hydrogen-bond acceptors (Lipinski definition) is 4. The van der Waals surface area contributed by atoms with Gasteiger partial charge in [0, 0.05) is 17.3 Å². The molecule has 1 rings (SSSR count). The molecule has 4 nitrogen and oxygen atoms in total. The predicted molar refractivity (Wildman–Crippen MR) is 60.0 cm³/mol. The molecule has 0 aliphatic rings. The van der Waals surface area contributed by atoms with Gasteiger partial charge in [-0.05, 0) is 6.07 Å². The van der Waals surface area contributed by atoms with Crippen molar-refractivity contribution >= 4 is 11.4 Å². The summed E-state index contributed by atoms with van der Waals surface area (Å²) >= 11 is 0. The minimum atomic E-state index is 0.494. The van der Waals surface area contributed by atoms with E-state index in [1.165, 1.54) is 0 Å². The Balaban J connectivity index is 3.25. The molecular weight excluding hydrogens is 194 g/mol. The molecule has 0 aromatic heterocycles. The van der Waals surface area contributed by atoms with E-state index in [-0.39, 0.29) is 0 Å². The quantitative estimate of drug-likeness (QED) is 0.608. The van der Waals surface area contributed by atoms with Crippen LogP contribution < -0.4 is 15.2 Å². The van der Waals surface area contributed by atoms with Gasteiger partial charge in [0.05, 0.1) is 21.3 Å². The highest BCUT2D eigenvalue weighted by Gasteiger charge is 2.11. The van der Waals surface area contributed by atoms with Crippen LogP contribution in [0.25, 0.3) is 5.76 Å². The molecule has 0 spiro atoms. The van der Waals surface area contributed by atoms with Crippen LogP contribution in [0.1, 0.15) is 5.56 Å². The standard InChI is InChI=1S/C11H15NO3/c1-7(13-2)8-5-10(14-3)11(15-4)6-9(8)12/h5-6H,1,12H2,2-4H3. The highest BCUT2D eigenvalue weighted by Crippen LogP contribution is 2.34. The molecule has 0 unspecified atom stereocenters. The van der Waals surface area contributed by atoms with Crippen molar-refractivity contribution in [3.63, 3.8) is 0 Å². The molecule has 4 heteroatoms. The SMILES string of the molecule is C=C(OC)c1cc(OC)c(OC)cc1N. The monoisotopic (exact) mass is 209 g/mol. The number of nitrogen functional groups attached to an aromatic ring is 1. The van der Waals surface area contributed by atoms with Gasteiger partial charge in [0.15, 0.2) is 11.5 Å². The number of anilines is 1. The first-order chi connectivity index (χ1) is 7.13. The highest BCUT2D eigenvalue weighted by molar-refractivity contribution is 5.73. The molecule has 0 saturated carbocycles. The third-order valence-electron chi connectivity index (χ3n) is 2.10. The largest absolute Gasteiger partial charge is 0.497 e. The van der Waals surface area contributed by atoms with Crippen LogP contribution in [0.15, 0.2) is 18.7 Å². The van der Waals surface area contributed by atoms with Crippen molar-refractivity contribution in [3.8, 4) is 11.5 Å². The Morgan fingerprint density at radius 3 is 2.13 bits per heavy atom. The number of benzene rings is 1. The van der Waals surface area contributed by atoms with Crippen LogP contribution in [0.3, 0.4) is 0 Å². The van der Waals surface area contributed by atoms with E-state index in [1.54, 1.807) is 33.5 Å². The van der Waals surface area contributed by atoms with E-state index in [0.29, 0.717) is 28.5 Å². The zero-order chi connectivity index (χ0) is 11.4. The zero-order valence-corrected chi connectivity index (χ0v) is 9.16. The van der Waals surface area contributed by atoms with Crippen LogP contribution >= 0.6 is 0 Å². The number of nitrogens with two attached hydrogens (primary N) is 1. The van der Waals surface area contributed by atoms with Crippen molar-refractivity contribution in [2.75, 3.05) is 27.1 Å². The van der Waals surface area contributed by atoms with Crippen LogP contribution in [0, 0.1) is 0 Å². The fourth-order valence-electron chi connectivity index (χ4n) is 1.25. The van der Waals surface area contributed by atoms with Gasteiger partial charge < -0.3 is 19.9 Å². The summed E-state index contributed by atoms with van der Waals surface area (Å²) < 4.78 is 15.3. The first-order valence-corrected chi connectivity index (χ1v) is 4.38. The summed E-state index contributed by atoms with van der Waals surface area (Å²) in [5.41, 5.74) is 7.07. The number of hydrogen-bond donors (Lipinski definition) is 1. The maximum atomic E-state index is 5.82. The summed E-state index contributed by atoms with van der Waals surface area (Å²) in [6.45, 7) is 3.74. The van der Waals surface area contributed by atoms with Crippen LogP contribution in [-0.4, -0.2) is 21.3 Å². The predicted octanol–water partition coefficient (Wildman–Crippen LogP) is 1.90. The van der Waals surface area contributed by atoms with E-state index >= 15 is 0 Å². The molecule has 1 aromatic carbocycles. The van der Waals surface area contributed by atoms with Gasteiger partial charge in [-0.1, -0.05) is 6.58 Å². The summed E-state index contributed by atoms with van der Waals surface area (Å²) in [5, 5.41) is 0. The molecule has 15 heavy (non-hydrogen) atoms. The first-order valence-electron chi connectivity index (χ1n) is 4.38. The van der Waals surface area contributed by atoms with Gasteiger partial charge in [0.2, 0.25) is 0 Å². The molecule has 0 amide bonds. The number of ether oxygens (including phenoxy) is 3. The van der Waals surface area contributed by atoms with Gasteiger partial charge in [0.1, 0.15) is 5.76 Å². The van der Waals surface area contributed by atoms with Gasteiger partial charge in [0.25, 0.3) is 0 Å². The van der Waals surface area contributed by atoms with E-state index in [0.717, 1.165) is 0 Å². The van der Waals surface area contributed by atoms with Crippen molar-refractivity contribution < 1.29 is 14.2 Å². The third kappa shape index (κ3) is 2.15. The molecule has 0 aliphatic carbocycles. The second kappa shape index (κ2) is 4.59. The Morgan fingerprint density at radius 2 is 1.67 bits per heavy atom. The summed E-state index contributed by atoms with van der Waals surface area (Å²) in [6.07, 6.45) is 0. The van der Waals surface area contributed by atoms with Crippen LogP contribution in [0.5, 0.6) is 11.5 Å². The van der Waals surface area contributed by atoms with Gasteiger partial charge in [-0.3, -0.25) is 0 Å². The van der Waals surface area contributed by atoms with Crippen LogP contribution in [0.4, 0.5) is 5.69 Å². The van der Waals surface area contributed by atoms with Gasteiger partial charge in [-0.25, -0.2) is 0 Å². The fourth-order valence-corrected chi connectivity index (χ4v) is 1.25. The van der Waals surface area contributed by atoms with E-state index in [9.17, 15) is 0 Å². The van der Waals surface area contributed by atoms with Crippen molar-refractivity contribution in [1.82, 2.24) is 0 Å². The summed E-state index contributed by atoms with van der Waals surface area (Å²) in [4.78, 5) is 0.